The van der Waals surface area contributed by atoms with Crippen LogP contribution in [-0.4, -0.2) is 35.0 Å². The minimum Gasteiger partial charge on any atom is -0.508 e. The topological polar surface area (TPSA) is 66.6 Å². The number of carbonyl (C=O) groups excluding carboxylic acids is 1. The van der Waals surface area contributed by atoms with Gasteiger partial charge in [0.25, 0.3) is 5.91 Å². The first-order chi connectivity index (χ1) is 8.06. The fourth-order valence-corrected chi connectivity index (χ4v) is 1.63. The molecule has 1 amide bonds. The average molecular weight is 236 g/mol. The van der Waals surface area contributed by atoms with E-state index < -0.39 is 0 Å². The maximum absolute atomic E-state index is 12.2. The highest BCUT2D eigenvalue weighted by atomic mass is 16.3. The summed E-state index contributed by atoms with van der Waals surface area (Å²) in [5.74, 6) is 0.146. The first-order valence-electron chi connectivity index (χ1n) is 5.86. The van der Waals surface area contributed by atoms with Gasteiger partial charge in [-0.15, -0.1) is 0 Å². The molecule has 94 valence electrons. The quantitative estimate of drug-likeness (QED) is 0.816. The van der Waals surface area contributed by atoms with E-state index >= 15 is 0 Å². The van der Waals surface area contributed by atoms with Crippen molar-refractivity contribution in [1.82, 2.24) is 4.90 Å². The van der Waals surface area contributed by atoms with Crippen LogP contribution in [0.4, 0.5) is 0 Å². The highest BCUT2D eigenvalue weighted by Gasteiger charge is 2.17. The number of aromatic hydroxyl groups is 1. The lowest BCUT2D eigenvalue weighted by Gasteiger charge is -2.26. The van der Waals surface area contributed by atoms with Crippen LogP contribution in [0.25, 0.3) is 0 Å². The maximum Gasteiger partial charge on any atom is 0.254 e. The Bertz CT molecular complexity index is 360. The van der Waals surface area contributed by atoms with Crippen molar-refractivity contribution in [2.45, 2.75) is 26.3 Å². The Labute approximate surface area is 102 Å². The lowest BCUT2D eigenvalue weighted by Crippen LogP contribution is -2.38. The summed E-state index contributed by atoms with van der Waals surface area (Å²) in [6.45, 7) is 5.20. The van der Waals surface area contributed by atoms with Crippen LogP contribution in [0.5, 0.6) is 5.75 Å². The van der Waals surface area contributed by atoms with Gasteiger partial charge >= 0.3 is 0 Å². The average Bonchev–Trinajstić information content (AvgIpc) is 2.29. The van der Waals surface area contributed by atoms with Crippen LogP contribution < -0.4 is 5.73 Å². The van der Waals surface area contributed by atoms with Crippen molar-refractivity contribution in [3.8, 4) is 5.75 Å². The molecule has 1 aromatic rings. The lowest BCUT2D eigenvalue weighted by molar-refractivity contribution is 0.0705. The van der Waals surface area contributed by atoms with Gasteiger partial charge in [-0.3, -0.25) is 4.79 Å². The normalized spacial score (nSPS) is 10.6. The van der Waals surface area contributed by atoms with Crippen LogP contribution >= 0.6 is 0 Å². The molecule has 0 unspecified atom stereocenters. The van der Waals surface area contributed by atoms with Crippen molar-refractivity contribution in [3.05, 3.63) is 29.8 Å². The summed E-state index contributed by atoms with van der Waals surface area (Å²) in [4.78, 5) is 14.0. The van der Waals surface area contributed by atoms with Crippen molar-refractivity contribution in [2.75, 3.05) is 13.1 Å². The van der Waals surface area contributed by atoms with Crippen LogP contribution in [0.3, 0.4) is 0 Å². The molecule has 0 radical (unpaired) electrons. The Balaban J connectivity index is 2.80. The number of nitrogens with zero attached hydrogens (tertiary/aromatic N) is 1. The number of phenols is 1. The number of rotatable bonds is 5. The number of benzene rings is 1. The third kappa shape index (κ3) is 3.75. The third-order valence-corrected chi connectivity index (χ3v) is 2.60. The minimum atomic E-state index is -0.0200. The number of hydrogen-bond acceptors (Lipinski definition) is 3. The molecule has 0 spiro atoms. The summed E-state index contributed by atoms with van der Waals surface area (Å²) >= 11 is 0. The van der Waals surface area contributed by atoms with Gasteiger partial charge in [-0.05, 0) is 51.1 Å². The second-order valence-electron chi connectivity index (χ2n) is 4.28. The number of hydrogen-bond donors (Lipinski definition) is 2. The molecule has 1 aromatic carbocycles. The van der Waals surface area contributed by atoms with Crippen LogP contribution in [0.2, 0.25) is 0 Å². The number of phenolic OH excluding ortho intramolecular Hbond substituents is 1. The fraction of sp³-hybridized carbons (Fsp3) is 0.462. The first-order valence-corrected chi connectivity index (χ1v) is 5.86. The molecule has 0 fully saturated rings. The highest BCUT2D eigenvalue weighted by molar-refractivity contribution is 5.94. The van der Waals surface area contributed by atoms with Crippen LogP contribution in [0, 0.1) is 0 Å². The highest BCUT2D eigenvalue weighted by Crippen LogP contribution is 2.13. The molecule has 0 heterocycles. The summed E-state index contributed by atoms with van der Waals surface area (Å²) in [6, 6.07) is 6.46. The number of carbonyl (C=O) groups is 1. The molecule has 4 heteroatoms. The number of nitrogens with two attached hydrogens (primary N) is 1. The molecule has 0 bridgehead atoms. The summed E-state index contributed by atoms with van der Waals surface area (Å²) in [6.07, 6.45) is 0.794. The first kappa shape index (κ1) is 13.5. The second-order valence-corrected chi connectivity index (χ2v) is 4.28. The van der Waals surface area contributed by atoms with Crippen molar-refractivity contribution in [2.24, 2.45) is 5.73 Å². The molecular formula is C13H20N2O2. The zero-order valence-electron chi connectivity index (χ0n) is 10.4. The molecule has 1 rings (SSSR count). The van der Waals surface area contributed by atoms with Gasteiger partial charge < -0.3 is 15.7 Å². The van der Waals surface area contributed by atoms with Crippen molar-refractivity contribution in [1.29, 1.82) is 0 Å². The summed E-state index contributed by atoms with van der Waals surface area (Å²) < 4.78 is 0. The van der Waals surface area contributed by atoms with Crippen LogP contribution in [0.15, 0.2) is 24.3 Å². The maximum atomic E-state index is 12.2. The Morgan fingerprint density at radius 1 is 1.35 bits per heavy atom. The Kier molecular flexibility index (Phi) is 4.97. The molecule has 0 saturated carbocycles. The molecule has 0 aromatic heterocycles. The van der Waals surface area contributed by atoms with Gasteiger partial charge in [0.1, 0.15) is 5.75 Å². The summed E-state index contributed by atoms with van der Waals surface area (Å²) in [7, 11) is 0. The fourth-order valence-electron chi connectivity index (χ4n) is 1.63. The van der Waals surface area contributed by atoms with Gasteiger partial charge in [-0.2, -0.15) is 0 Å². The monoisotopic (exact) mass is 236 g/mol. The van der Waals surface area contributed by atoms with E-state index in [1.54, 1.807) is 17.0 Å². The molecule has 0 atom stereocenters. The van der Waals surface area contributed by atoms with E-state index in [1.807, 2.05) is 13.8 Å². The van der Waals surface area contributed by atoms with E-state index in [-0.39, 0.29) is 17.7 Å². The van der Waals surface area contributed by atoms with E-state index in [0.717, 1.165) is 6.42 Å². The van der Waals surface area contributed by atoms with Crippen molar-refractivity contribution < 1.29 is 9.90 Å². The van der Waals surface area contributed by atoms with Crippen LogP contribution in [0.1, 0.15) is 30.6 Å². The van der Waals surface area contributed by atoms with E-state index in [1.165, 1.54) is 12.1 Å². The molecule has 0 aliphatic carbocycles. The van der Waals surface area contributed by atoms with E-state index in [2.05, 4.69) is 0 Å². The van der Waals surface area contributed by atoms with E-state index in [9.17, 15) is 9.90 Å². The van der Waals surface area contributed by atoms with Crippen LogP contribution in [-0.2, 0) is 0 Å². The Morgan fingerprint density at radius 3 is 2.41 bits per heavy atom. The van der Waals surface area contributed by atoms with Crippen molar-refractivity contribution >= 4 is 5.91 Å². The Morgan fingerprint density at radius 2 is 1.94 bits per heavy atom. The van der Waals surface area contributed by atoms with Gasteiger partial charge in [-0.1, -0.05) is 0 Å². The van der Waals surface area contributed by atoms with Gasteiger partial charge in [0, 0.05) is 18.2 Å². The van der Waals surface area contributed by atoms with E-state index in [0.29, 0.717) is 18.7 Å². The van der Waals surface area contributed by atoms with Gasteiger partial charge in [0.2, 0.25) is 0 Å². The molecule has 0 saturated heterocycles. The minimum absolute atomic E-state index is 0.0200. The van der Waals surface area contributed by atoms with Gasteiger partial charge in [0.05, 0.1) is 0 Å². The molecule has 0 aliphatic rings. The predicted molar refractivity (Wildman–Crippen MR) is 68.0 cm³/mol. The van der Waals surface area contributed by atoms with Gasteiger partial charge in [0.15, 0.2) is 0 Å². The smallest absolute Gasteiger partial charge is 0.254 e. The largest absolute Gasteiger partial charge is 0.508 e. The Hall–Kier alpha value is -1.55. The zero-order chi connectivity index (χ0) is 12.8. The van der Waals surface area contributed by atoms with Crippen molar-refractivity contribution in [3.63, 3.8) is 0 Å². The molecule has 4 nitrogen and oxygen atoms in total. The predicted octanol–water partition coefficient (Wildman–Crippen LogP) is 1.59. The molecule has 17 heavy (non-hydrogen) atoms. The third-order valence-electron chi connectivity index (χ3n) is 2.60. The lowest BCUT2D eigenvalue weighted by atomic mass is 10.1. The molecular weight excluding hydrogens is 216 g/mol. The summed E-state index contributed by atoms with van der Waals surface area (Å²) in [5, 5.41) is 9.19. The molecule has 0 aliphatic heterocycles. The van der Waals surface area contributed by atoms with Gasteiger partial charge in [-0.25, -0.2) is 0 Å². The molecule has 3 N–H and O–H groups in total. The number of amides is 1. The SMILES string of the molecule is CC(C)N(CCCN)C(=O)c1ccc(O)cc1. The summed E-state index contributed by atoms with van der Waals surface area (Å²) in [5.41, 5.74) is 6.06. The van der Waals surface area contributed by atoms with E-state index in [4.69, 9.17) is 5.73 Å². The standard InChI is InChI=1S/C13H20N2O2/c1-10(2)15(9-3-8-14)13(17)11-4-6-12(16)7-5-11/h4-7,10,16H,3,8-9,14H2,1-2H3. The second kappa shape index (κ2) is 6.25. The zero-order valence-corrected chi connectivity index (χ0v) is 10.4.